The van der Waals surface area contributed by atoms with Crippen LogP contribution in [-0.2, 0) is 16.0 Å². The fourth-order valence-corrected chi connectivity index (χ4v) is 4.24. The van der Waals surface area contributed by atoms with Gasteiger partial charge in [0.1, 0.15) is 6.33 Å². The van der Waals surface area contributed by atoms with Crippen molar-refractivity contribution in [3.8, 4) is 5.69 Å². The molecule has 0 saturated carbocycles. The molecular formula is C21H29N7O2. The Balaban J connectivity index is 1.23. The van der Waals surface area contributed by atoms with Crippen molar-refractivity contribution < 1.29 is 9.59 Å². The summed E-state index contributed by atoms with van der Waals surface area (Å²) in [6, 6.07) is 8.03. The van der Waals surface area contributed by atoms with Gasteiger partial charge in [-0.15, -0.1) is 5.10 Å². The largest absolute Gasteiger partial charge is 0.340 e. The Morgan fingerprint density at radius 1 is 1.00 bits per heavy atom. The van der Waals surface area contributed by atoms with Crippen molar-refractivity contribution in [3.63, 3.8) is 0 Å². The molecule has 0 spiro atoms. The number of hydrogen-bond donors (Lipinski definition) is 0. The van der Waals surface area contributed by atoms with Gasteiger partial charge in [-0.3, -0.25) is 14.5 Å². The van der Waals surface area contributed by atoms with Crippen LogP contribution >= 0.6 is 0 Å². The van der Waals surface area contributed by atoms with Crippen LogP contribution in [0.2, 0.25) is 0 Å². The van der Waals surface area contributed by atoms with Crippen molar-refractivity contribution in [2.75, 3.05) is 39.3 Å². The number of rotatable bonds is 5. The Morgan fingerprint density at radius 2 is 1.77 bits per heavy atom. The van der Waals surface area contributed by atoms with Gasteiger partial charge in [-0.25, -0.2) is 4.68 Å². The quantitative estimate of drug-likeness (QED) is 0.722. The SMILES string of the molecule is CC1CCCCN1C(=O)CN1CCN(C(=O)Cc2ccc(-n3cnnn3)cc2)CC1. The molecule has 2 amide bonds. The predicted octanol–water partition coefficient (Wildman–Crippen LogP) is 0.750. The molecule has 2 aliphatic heterocycles. The van der Waals surface area contributed by atoms with Gasteiger partial charge >= 0.3 is 0 Å². The lowest BCUT2D eigenvalue weighted by atomic mass is 10.0. The average Bonchev–Trinajstić information content (AvgIpc) is 3.30. The van der Waals surface area contributed by atoms with Gasteiger partial charge in [-0.1, -0.05) is 12.1 Å². The molecule has 9 nitrogen and oxygen atoms in total. The van der Waals surface area contributed by atoms with Gasteiger partial charge in [0.05, 0.1) is 18.7 Å². The number of piperidine rings is 1. The third kappa shape index (κ3) is 4.84. The fraction of sp³-hybridized carbons (Fsp3) is 0.571. The van der Waals surface area contributed by atoms with Crippen LogP contribution in [0.5, 0.6) is 0 Å². The van der Waals surface area contributed by atoms with Crippen LogP contribution in [0.25, 0.3) is 5.69 Å². The summed E-state index contributed by atoms with van der Waals surface area (Å²) in [5.74, 6) is 0.352. The lowest BCUT2D eigenvalue weighted by Gasteiger charge is -2.38. The Hall–Kier alpha value is -2.81. The molecule has 2 fully saturated rings. The predicted molar refractivity (Wildman–Crippen MR) is 111 cm³/mol. The van der Waals surface area contributed by atoms with Gasteiger partial charge in [0, 0.05) is 38.8 Å². The number of likely N-dealkylation sites (tertiary alicyclic amines) is 1. The first-order valence-corrected chi connectivity index (χ1v) is 10.7. The van der Waals surface area contributed by atoms with Crippen LogP contribution < -0.4 is 0 Å². The van der Waals surface area contributed by atoms with Crippen LogP contribution in [0.3, 0.4) is 0 Å². The number of tetrazole rings is 1. The van der Waals surface area contributed by atoms with Crippen LogP contribution in [0.1, 0.15) is 31.7 Å². The molecule has 4 rings (SSSR count). The van der Waals surface area contributed by atoms with Crippen LogP contribution in [-0.4, -0.2) is 92.0 Å². The summed E-state index contributed by atoms with van der Waals surface area (Å²) >= 11 is 0. The smallest absolute Gasteiger partial charge is 0.236 e. The molecule has 3 heterocycles. The van der Waals surface area contributed by atoms with Crippen LogP contribution in [0.4, 0.5) is 0 Å². The van der Waals surface area contributed by atoms with E-state index < -0.39 is 0 Å². The number of nitrogens with zero attached hydrogens (tertiary/aromatic N) is 7. The molecule has 0 radical (unpaired) electrons. The summed E-state index contributed by atoms with van der Waals surface area (Å²) in [6.07, 6.45) is 5.34. The molecule has 1 aromatic carbocycles. The highest BCUT2D eigenvalue weighted by Gasteiger charge is 2.27. The fourth-order valence-electron chi connectivity index (χ4n) is 4.24. The first-order chi connectivity index (χ1) is 14.6. The van der Waals surface area contributed by atoms with Crippen LogP contribution in [0.15, 0.2) is 30.6 Å². The number of carbonyl (C=O) groups is 2. The number of hydrogen-bond acceptors (Lipinski definition) is 6. The maximum Gasteiger partial charge on any atom is 0.236 e. The summed E-state index contributed by atoms with van der Waals surface area (Å²) in [6.45, 7) is 6.32. The number of piperazine rings is 1. The van der Waals surface area contributed by atoms with Crippen molar-refractivity contribution in [2.45, 2.75) is 38.6 Å². The second-order valence-corrected chi connectivity index (χ2v) is 8.19. The second kappa shape index (κ2) is 9.34. The average molecular weight is 412 g/mol. The summed E-state index contributed by atoms with van der Waals surface area (Å²) in [5, 5.41) is 11.1. The van der Waals surface area contributed by atoms with E-state index in [1.54, 1.807) is 4.68 Å². The summed E-state index contributed by atoms with van der Waals surface area (Å²) in [7, 11) is 0. The Labute approximate surface area is 176 Å². The van der Waals surface area contributed by atoms with Crippen molar-refractivity contribution in [1.82, 2.24) is 34.9 Å². The molecule has 1 atom stereocenters. The molecule has 2 aromatic rings. The van der Waals surface area contributed by atoms with Gasteiger partial charge in [0.2, 0.25) is 11.8 Å². The first kappa shape index (κ1) is 20.5. The van der Waals surface area contributed by atoms with Crippen molar-refractivity contribution in [2.24, 2.45) is 0 Å². The number of carbonyl (C=O) groups excluding carboxylic acids is 2. The maximum absolute atomic E-state index is 12.7. The van der Waals surface area contributed by atoms with E-state index in [9.17, 15) is 9.59 Å². The van der Waals surface area contributed by atoms with Gasteiger partial charge in [-0.05, 0) is 54.3 Å². The highest BCUT2D eigenvalue weighted by atomic mass is 16.2. The van der Waals surface area contributed by atoms with E-state index >= 15 is 0 Å². The summed E-state index contributed by atoms with van der Waals surface area (Å²) < 4.78 is 1.58. The van der Waals surface area contributed by atoms with E-state index in [1.165, 1.54) is 12.7 Å². The molecule has 9 heteroatoms. The Morgan fingerprint density at radius 3 is 2.43 bits per heavy atom. The summed E-state index contributed by atoms with van der Waals surface area (Å²) in [5.41, 5.74) is 1.83. The molecule has 0 N–H and O–H groups in total. The van der Waals surface area contributed by atoms with E-state index in [1.807, 2.05) is 34.1 Å². The normalized spacial score (nSPS) is 20.4. The van der Waals surface area contributed by atoms with Crippen molar-refractivity contribution >= 4 is 11.8 Å². The van der Waals surface area contributed by atoms with Gasteiger partial charge in [0.25, 0.3) is 0 Å². The molecule has 2 aliphatic rings. The third-order valence-corrected chi connectivity index (χ3v) is 6.11. The van der Waals surface area contributed by atoms with E-state index in [-0.39, 0.29) is 11.8 Å². The van der Waals surface area contributed by atoms with Gasteiger partial charge < -0.3 is 9.80 Å². The Bertz CT molecular complexity index is 845. The molecule has 30 heavy (non-hydrogen) atoms. The molecule has 1 aromatic heterocycles. The Kier molecular flexibility index (Phi) is 6.37. The zero-order valence-electron chi connectivity index (χ0n) is 17.5. The third-order valence-electron chi connectivity index (χ3n) is 6.11. The summed E-state index contributed by atoms with van der Waals surface area (Å²) in [4.78, 5) is 31.4. The molecule has 0 aliphatic carbocycles. The maximum atomic E-state index is 12.7. The molecule has 1 unspecified atom stereocenters. The monoisotopic (exact) mass is 411 g/mol. The zero-order valence-corrected chi connectivity index (χ0v) is 17.5. The van der Waals surface area contributed by atoms with Crippen molar-refractivity contribution in [1.29, 1.82) is 0 Å². The zero-order chi connectivity index (χ0) is 20.9. The van der Waals surface area contributed by atoms with E-state index in [0.717, 1.165) is 43.7 Å². The van der Waals surface area contributed by atoms with Crippen LogP contribution in [0, 0.1) is 0 Å². The second-order valence-electron chi connectivity index (χ2n) is 8.19. The number of amides is 2. The minimum atomic E-state index is 0.126. The van der Waals surface area contributed by atoms with E-state index in [4.69, 9.17) is 0 Å². The first-order valence-electron chi connectivity index (χ1n) is 10.7. The lowest BCUT2D eigenvalue weighted by Crippen LogP contribution is -2.53. The standard InChI is InChI=1S/C21H29N7O2/c1-17-4-2-3-9-27(17)21(30)15-25-10-12-26(13-11-25)20(29)14-18-5-7-19(8-6-18)28-16-22-23-24-28/h5-8,16-17H,2-4,9-15H2,1H3. The minimum absolute atomic E-state index is 0.126. The number of aromatic nitrogens is 4. The van der Waals surface area contributed by atoms with Gasteiger partial charge in [-0.2, -0.15) is 0 Å². The molecule has 0 bridgehead atoms. The van der Waals surface area contributed by atoms with Gasteiger partial charge in [0.15, 0.2) is 0 Å². The van der Waals surface area contributed by atoms with E-state index in [0.29, 0.717) is 32.1 Å². The van der Waals surface area contributed by atoms with Crippen molar-refractivity contribution in [3.05, 3.63) is 36.2 Å². The number of benzene rings is 1. The molecule has 160 valence electrons. The minimum Gasteiger partial charge on any atom is -0.340 e. The molecule has 2 saturated heterocycles. The highest BCUT2D eigenvalue weighted by molar-refractivity contribution is 5.80. The lowest BCUT2D eigenvalue weighted by molar-refractivity contribution is -0.137. The molecular weight excluding hydrogens is 382 g/mol. The van der Waals surface area contributed by atoms with E-state index in [2.05, 4.69) is 27.3 Å². The highest BCUT2D eigenvalue weighted by Crippen LogP contribution is 2.17. The topological polar surface area (TPSA) is 87.5 Å².